The second-order valence-corrected chi connectivity index (χ2v) is 8.77. The van der Waals surface area contributed by atoms with E-state index >= 15 is 0 Å². The number of carboxylic acids is 3. The lowest BCUT2D eigenvalue weighted by Crippen LogP contribution is -2.24. The minimum absolute atomic E-state index is 0. The third-order valence-corrected chi connectivity index (χ3v) is 5.69. The normalized spacial score (nSPS) is 14.4. The van der Waals surface area contributed by atoms with Gasteiger partial charge in [0.1, 0.15) is 24.2 Å². The van der Waals surface area contributed by atoms with Crippen molar-refractivity contribution in [3.05, 3.63) is 59.7 Å². The second-order valence-electron chi connectivity index (χ2n) is 8.77. The van der Waals surface area contributed by atoms with Crippen LogP contribution in [0.5, 0.6) is 11.5 Å². The van der Waals surface area contributed by atoms with Gasteiger partial charge < -0.3 is 30.5 Å². The summed E-state index contributed by atoms with van der Waals surface area (Å²) in [5.74, 6) is -1.91. The van der Waals surface area contributed by atoms with Crippen LogP contribution < -0.4 is 15.2 Å². The summed E-state index contributed by atoms with van der Waals surface area (Å²) in [4.78, 5) is 39.9. The van der Waals surface area contributed by atoms with Crippen LogP contribution in [0.1, 0.15) is 88.2 Å². The molecule has 0 amide bonds. The number of aliphatic carboxylic acids is 3. The van der Waals surface area contributed by atoms with Gasteiger partial charge >= 0.3 is 17.9 Å². The molecule has 2 fully saturated rings. The third-order valence-electron chi connectivity index (χ3n) is 5.69. The fourth-order valence-corrected chi connectivity index (χ4v) is 3.28. The maximum atomic E-state index is 10.6. The molecule has 4 rings (SSSR count). The number of rotatable bonds is 10. The topological polar surface area (TPSA) is 173 Å². The molecule has 10 nitrogen and oxygen atoms in total. The maximum absolute atomic E-state index is 10.6. The largest absolute Gasteiger partial charge is 0.490 e. The van der Waals surface area contributed by atoms with E-state index in [2.05, 4.69) is 0 Å². The Balaban J connectivity index is 0.000000587. The quantitative estimate of drug-likeness (QED) is 0.224. The molecule has 0 spiro atoms. The van der Waals surface area contributed by atoms with Gasteiger partial charge in [0, 0.05) is 11.6 Å². The van der Waals surface area contributed by atoms with Crippen molar-refractivity contribution in [1.82, 2.24) is 0 Å². The molecule has 0 aromatic heterocycles. The smallest absolute Gasteiger partial charge is 0.314 e. The summed E-state index contributed by atoms with van der Waals surface area (Å²) in [5, 5.41) is 24.1. The van der Waals surface area contributed by atoms with E-state index in [1.165, 1.54) is 12.8 Å². The predicted octanol–water partition coefficient (Wildman–Crippen LogP) is 5.34. The molecule has 5 N–H and O–H groups in total. The number of aldehydes is 1. The molecule has 2 aromatic carbocycles. The van der Waals surface area contributed by atoms with E-state index in [1.54, 1.807) is 12.1 Å². The molecule has 0 radical (unpaired) electrons. The minimum Gasteiger partial charge on any atom is -0.490 e. The highest BCUT2D eigenvalue weighted by atomic mass is 16.5. The van der Waals surface area contributed by atoms with E-state index in [-0.39, 0.29) is 21.3 Å². The molecule has 39 heavy (non-hydrogen) atoms. The Morgan fingerprint density at radius 1 is 0.821 bits per heavy atom. The lowest BCUT2D eigenvalue weighted by Gasteiger charge is -2.26. The number of ether oxygens (including phenoxy) is 2. The molecular formula is C29H41NO9. The van der Waals surface area contributed by atoms with Gasteiger partial charge in [-0.05, 0) is 68.4 Å². The first-order valence-electron chi connectivity index (χ1n) is 12.1. The van der Waals surface area contributed by atoms with Gasteiger partial charge in [0.15, 0.2) is 0 Å². The molecule has 2 aliphatic carbocycles. The molecule has 2 aromatic rings. The molecule has 0 aliphatic heterocycles. The first kappa shape index (κ1) is 35.1. The zero-order valence-electron chi connectivity index (χ0n) is 20.5. The van der Waals surface area contributed by atoms with Crippen molar-refractivity contribution in [2.75, 3.05) is 0 Å². The lowest BCUT2D eigenvalue weighted by atomic mass is 9.96. The van der Waals surface area contributed by atoms with Crippen molar-refractivity contribution in [1.29, 1.82) is 0 Å². The Kier molecular flexibility index (Phi) is 16.5. The van der Waals surface area contributed by atoms with Gasteiger partial charge in [0.05, 0.1) is 18.6 Å². The van der Waals surface area contributed by atoms with Crippen LogP contribution in [0.25, 0.3) is 0 Å². The number of carboxylic acid groups (broad SMARTS) is 3. The van der Waals surface area contributed by atoms with Crippen LogP contribution in [0.4, 0.5) is 0 Å². The summed E-state index contributed by atoms with van der Waals surface area (Å²) < 4.78 is 11.4. The fourth-order valence-electron chi connectivity index (χ4n) is 3.28. The molecule has 0 bridgehead atoms. The number of hydrogen-bond donors (Lipinski definition) is 4. The third kappa shape index (κ3) is 14.0. The van der Waals surface area contributed by atoms with Gasteiger partial charge in [0.2, 0.25) is 0 Å². The highest BCUT2D eigenvalue weighted by molar-refractivity contribution is 5.88. The summed E-state index contributed by atoms with van der Waals surface area (Å²) in [6, 6.07) is 14.2. The molecule has 2 saturated carbocycles. The predicted molar refractivity (Wildman–Crippen MR) is 147 cm³/mol. The molecule has 1 atom stereocenters. The zero-order chi connectivity index (χ0) is 27.2. The highest BCUT2D eigenvalue weighted by Gasteiger charge is 2.20. The van der Waals surface area contributed by atoms with Crippen LogP contribution >= 0.6 is 0 Å². The van der Waals surface area contributed by atoms with Crippen molar-refractivity contribution < 1.29 is 44.0 Å². The van der Waals surface area contributed by atoms with Gasteiger partial charge in [-0.25, -0.2) is 0 Å². The number of carbonyl (C=O) groups excluding carboxylic acids is 1. The first-order valence-corrected chi connectivity index (χ1v) is 12.1. The molecule has 0 saturated heterocycles. The summed E-state index contributed by atoms with van der Waals surface area (Å²) in [5.41, 5.74) is 7.29. The number of carbonyl (C=O) groups is 4. The molecule has 10 heteroatoms. The molecule has 2 aliphatic rings. The van der Waals surface area contributed by atoms with Crippen LogP contribution in [0.3, 0.4) is 0 Å². The van der Waals surface area contributed by atoms with Crippen molar-refractivity contribution in [3.63, 3.8) is 0 Å². The van der Waals surface area contributed by atoms with Crippen LogP contribution in [0.15, 0.2) is 48.5 Å². The van der Waals surface area contributed by atoms with Crippen LogP contribution in [0.2, 0.25) is 0 Å². The fraction of sp³-hybridized carbons (Fsp3) is 0.448. The van der Waals surface area contributed by atoms with Gasteiger partial charge in [-0.15, -0.1) is 0 Å². The van der Waals surface area contributed by atoms with Crippen molar-refractivity contribution in [2.45, 2.75) is 84.5 Å². The highest BCUT2D eigenvalue weighted by Crippen LogP contribution is 2.27. The zero-order valence-corrected chi connectivity index (χ0v) is 20.5. The maximum Gasteiger partial charge on any atom is 0.314 e. The molecule has 216 valence electrons. The van der Waals surface area contributed by atoms with Gasteiger partial charge in [0.25, 0.3) is 0 Å². The first-order chi connectivity index (χ1) is 17.7. The van der Waals surface area contributed by atoms with E-state index in [9.17, 15) is 19.2 Å². The summed E-state index contributed by atoms with van der Waals surface area (Å²) >= 11 is 0. The Hall–Kier alpha value is -3.92. The summed E-state index contributed by atoms with van der Waals surface area (Å²) in [7, 11) is 0. The Labute approximate surface area is 229 Å². The summed E-state index contributed by atoms with van der Waals surface area (Å²) in [6.45, 7) is 0. The van der Waals surface area contributed by atoms with Gasteiger partial charge in [-0.1, -0.05) is 39.1 Å². The minimum atomic E-state index is -1.31. The molecule has 0 heterocycles. The lowest BCUT2D eigenvalue weighted by molar-refractivity contribution is -0.147. The SMILES string of the molecule is C.C.NC(CC(=O)O)c1cccc(OC2CCC2)c1.O=C(O)CC(=O)O.O=Cc1cccc(OC2CCC2)c1. The Bertz CT molecular complexity index is 1040. The number of nitrogens with two attached hydrogens (primary N) is 1. The Morgan fingerprint density at radius 3 is 1.69 bits per heavy atom. The van der Waals surface area contributed by atoms with Gasteiger partial charge in [-0.3, -0.25) is 19.2 Å². The van der Waals surface area contributed by atoms with Gasteiger partial charge in [-0.2, -0.15) is 0 Å². The Morgan fingerprint density at radius 2 is 1.31 bits per heavy atom. The average Bonchev–Trinajstić information content (AvgIpc) is 2.79. The van der Waals surface area contributed by atoms with E-state index < -0.39 is 30.4 Å². The molecule has 1 unspecified atom stereocenters. The standard InChI is InChI=1S/C13H17NO3.C11H12O2.C3H4O4.2CH4/c14-12(8-13(15)16)9-3-1-6-11(7-9)17-10-4-2-5-10;12-8-9-3-1-6-11(7-9)13-10-4-2-5-10;4-2(5)1-3(6)7;;/h1,3,6-7,10,12H,2,4-5,8,14H2,(H,15,16);1,3,6-8,10H,2,4-5H2;1H2,(H,4,5)(H,6,7);2*1H4. The van der Waals surface area contributed by atoms with Crippen LogP contribution in [0, 0.1) is 0 Å². The molecular weight excluding hydrogens is 506 g/mol. The van der Waals surface area contributed by atoms with Crippen molar-refractivity contribution >= 4 is 24.2 Å². The number of hydrogen-bond acceptors (Lipinski definition) is 7. The monoisotopic (exact) mass is 547 g/mol. The van der Waals surface area contributed by atoms with E-state index in [1.807, 2.05) is 36.4 Å². The van der Waals surface area contributed by atoms with Crippen molar-refractivity contribution in [3.8, 4) is 11.5 Å². The summed E-state index contributed by atoms with van der Waals surface area (Å²) in [6.07, 6.45) is 7.65. The van der Waals surface area contributed by atoms with E-state index in [4.69, 9.17) is 30.5 Å². The van der Waals surface area contributed by atoms with Crippen LogP contribution in [-0.2, 0) is 14.4 Å². The van der Waals surface area contributed by atoms with E-state index in [0.717, 1.165) is 49.0 Å². The average molecular weight is 548 g/mol. The number of benzene rings is 2. The van der Waals surface area contributed by atoms with Crippen LogP contribution in [-0.4, -0.2) is 51.7 Å². The van der Waals surface area contributed by atoms with Crippen molar-refractivity contribution in [2.24, 2.45) is 5.73 Å². The second kappa shape index (κ2) is 18.4. The van der Waals surface area contributed by atoms with E-state index in [0.29, 0.717) is 17.8 Å².